The Morgan fingerprint density at radius 2 is 1.88 bits per heavy atom. The van der Waals surface area contributed by atoms with Gasteiger partial charge in [-0.25, -0.2) is 13.1 Å². The molecule has 3 nitrogen and oxygen atoms in total. The van der Waals surface area contributed by atoms with Crippen LogP contribution in [0.15, 0.2) is 0 Å². The molecule has 16 heavy (non-hydrogen) atoms. The number of halogens is 1. The molecule has 0 rings (SSSR count). The maximum absolute atomic E-state index is 11.5. The van der Waals surface area contributed by atoms with E-state index in [2.05, 4.69) is 11.6 Å². The van der Waals surface area contributed by atoms with Gasteiger partial charge in [0.05, 0.1) is 5.75 Å². The lowest BCUT2D eigenvalue weighted by molar-refractivity contribution is 0.521. The third kappa shape index (κ3) is 9.43. The number of unbranched alkanes of at least 4 members (excludes halogenated alkanes) is 3. The van der Waals surface area contributed by atoms with E-state index < -0.39 is 10.0 Å². The molecule has 0 spiro atoms. The molecule has 0 aromatic rings. The van der Waals surface area contributed by atoms with Crippen LogP contribution in [-0.2, 0) is 10.0 Å². The van der Waals surface area contributed by atoms with Crippen LogP contribution in [0, 0.1) is 0 Å². The minimum absolute atomic E-state index is 0.0391. The third-order valence-corrected chi connectivity index (χ3v) is 4.27. The average molecular weight is 270 g/mol. The summed E-state index contributed by atoms with van der Waals surface area (Å²) >= 11 is 5.47. The third-order valence-electron chi connectivity index (χ3n) is 2.42. The zero-order valence-corrected chi connectivity index (χ0v) is 11.9. The number of nitrogens with one attached hydrogen (secondary N) is 1. The Morgan fingerprint density at radius 3 is 2.44 bits per heavy atom. The number of rotatable bonds is 10. The minimum atomic E-state index is -3.12. The molecule has 0 saturated heterocycles. The first-order valence-corrected chi connectivity index (χ1v) is 8.26. The summed E-state index contributed by atoms with van der Waals surface area (Å²) in [6.45, 7) is 4.09. The summed E-state index contributed by atoms with van der Waals surface area (Å²) in [6, 6.07) is 0.0391. The van der Waals surface area contributed by atoms with Crippen molar-refractivity contribution >= 4 is 21.6 Å². The highest BCUT2D eigenvalue weighted by Crippen LogP contribution is 2.06. The highest BCUT2D eigenvalue weighted by molar-refractivity contribution is 7.89. The van der Waals surface area contributed by atoms with Gasteiger partial charge in [-0.15, -0.1) is 11.6 Å². The molecule has 0 radical (unpaired) electrons. The van der Waals surface area contributed by atoms with Gasteiger partial charge in [-0.05, 0) is 19.8 Å². The first kappa shape index (κ1) is 16.2. The van der Waals surface area contributed by atoms with E-state index in [0.717, 1.165) is 12.8 Å². The minimum Gasteiger partial charge on any atom is -0.212 e. The largest absolute Gasteiger partial charge is 0.212 e. The number of hydrogen-bond donors (Lipinski definition) is 1. The first-order chi connectivity index (χ1) is 7.52. The van der Waals surface area contributed by atoms with Gasteiger partial charge in [0.2, 0.25) is 10.0 Å². The molecular weight excluding hydrogens is 246 g/mol. The van der Waals surface area contributed by atoms with E-state index in [4.69, 9.17) is 11.6 Å². The highest BCUT2D eigenvalue weighted by Gasteiger charge is 2.13. The summed E-state index contributed by atoms with van der Waals surface area (Å²) in [6.07, 6.45) is 6.14. The van der Waals surface area contributed by atoms with Crippen molar-refractivity contribution in [3.05, 3.63) is 0 Å². The summed E-state index contributed by atoms with van der Waals surface area (Å²) in [7, 11) is -3.12. The maximum Gasteiger partial charge on any atom is 0.211 e. The lowest BCUT2D eigenvalue weighted by atomic mass is 10.1. The molecular formula is C11H24ClNO2S. The van der Waals surface area contributed by atoms with Crippen molar-refractivity contribution in [2.45, 2.75) is 58.4 Å². The summed E-state index contributed by atoms with van der Waals surface area (Å²) in [5.74, 6) is 0.529. The normalized spacial score (nSPS) is 13.9. The van der Waals surface area contributed by atoms with Gasteiger partial charge in [-0.3, -0.25) is 0 Å². The zero-order valence-electron chi connectivity index (χ0n) is 10.3. The van der Waals surface area contributed by atoms with E-state index in [1.165, 1.54) is 19.3 Å². The predicted octanol–water partition coefficient (Wildman–Crippen LogP) is 2.89. The Hall–Kier alpha value is 0.200. The molecule has 0 fully saturated rings. The number of alkyl halides is 1. The second-order valence-electron chi connectivity index (χ2n) is 4.23. The fraction of sp³-hybridized carbons (Fsp3) is 1.00. The zero-order chi connectivity index (χ0) is 12.4. The lowest BCUT2D eigenvalue weighted by Crippen LogP contribution is -2.34. The standard InChI is InChI=1S/C11H24ClNO2S/c1-3-4-5-6-8-11(2)13-16(14,15)10-7-9-12/h11,13H,3-10H2,1-2H3. The van der Waals surface area contributed by atoms with Crippen LogP contribution < -0.4 is 4.72 Å². The van der Waals surface area contributed by atoms with Gasteiger partial charge < -0.3 is 0 Å². The van der Waals surface area contributed by atoms with Crippen molar-refractivity contribution < 1.29 is 8.42 Å². The molecule has 5 heteroatoms. The van der Waals surface area contributed by atoms with Crippen molar-refractivity contribution in [1.29, 1.82) is 0 Å². The van der Waals surface area contributed by atoms with Crippen molar-refractivity contribution in [2.75, 3.05) is 11.6 Å². The van der Waals surface area contributed by atoms with Crippen LogP contribution >= 0.6 is 11.6 Å². The number of hydrogen-bond acceptors (Lipinski definition) is 2. The molecule has 0 aliphatic rings. The smallest absolute Gasteiger partial charge is 0.211 e. The summed E-state index contributed by atoms with van der Waals surface area (Å²) in [5, 5.41) is 0. The van der Waals surface area contributed by atoms with Gasteiger partial charge in [0.25, 0.3) is 0 Å². The van der Waals surface area contributed by atoms with Crippen LogP contribution in [0.1, 0.15) is 52.4 Å². The van der Waals surface area contributed by atoms with Crippen LogP contribution in [0.3, 0.4) is 0 Å². The van der Waals surface area contributed by atoms with E-state index in [0.29, 0.717) is 12.3 Å². The molecule has 98 valence electrons. The Labute approximate surface area is 105 Å². The fourth-order valence-electron chi connectivity index (χ4n) is 1.55. The lowest BCUT2D eigenvalue weighted by Gasteiger charge is -2.13. The Kier molecular flexibility index (Phi) is 9.37. The molecule has 1 unspecified atom stereocenters. The Morgan fingerprint density at radius 1 is 1.19 bits per heavy atom. The van der Waals surface area contributed by atoms with Gasteiger partial charge in [0.15, 0.2) is 0 Å². The molecule has 1 N–H and O–H groups in total. The van der Waals surface area contributed by atoms with Crippen molar-refractivity contribution in [3.63, 3.8) is 0 Å². The molecule has 0 aliphatic carbocycles. The molecule has 0 saturated carbocycles. The highest BCUT2D eigenvalue weighted by atomic mass is 35.5. The van der Waals surface area contributed by atoms with Crippen LogP contribution in [0.25, 0.3) is 0 Å². The summed E-state index contributed by atoms with van der Waals surface area (Å²) < 4.78 is 25.7. The monoisotopic (exact) mass is 269 g/mol. The maximum atomic E-state index is 11.5. The van der Waals surface area contributed by atoms with Crippen LogP contribution in [-0.4, -0.2) is 26.1 Å². The van der Waals surface area contributed by atoms with Gasteiger partial charge in [0.1, 0.15) is 0 Å². The van der Waals surface area contributed by atoms with Gasteiger partial charge in [-0.1, -0.05) is 32.6 Å². The molecule has 0 amide bonds. The molecule has 0 aromatic heterocycles. The fourth-order valence-corrected chi connectivity index (χ4v) is 3.21. The van der Waals surface area contributed by atoms with E-state index >= 15 is 0 Å². The molecule has 1 atom stereocenters. The second-order valence-corrected chi connectivity index (χ2v) is 6.48. The molecule has 0 bridgehead atoms. The quantitative estimate of drug-likeness (QED) is 0.490. The number of sulfonamides is 1. The summed E-state index contributed by atoms with van der Waals surface area (Å²) in [4.78, 5) is 0. The van der Waals surface area contributed by atoms with E-state index in [1.54, 1.807) is 0 Å². The first-order valence-electron chi connectivity index (χ1n) is 6.07. The summed E-state index contributed by atoms with van der Waals surface area (Å²) in [5.41, 5.74) is 0. The van der Waals surface area contributed by atoms with Crippen LogP contribution in [0.5, 0.6) is 0 Å². The van der Waals surface area contributed by atoms with Crippen LogP contribution in [0.2, 0.25) is 0 Å². The topological polar surface area (TPSA) is 46.2 Å². The predicted molar refractivity (Wildman–Crippen MR) is 70.5 cm³/mol. The van der Waals surface area contributed by atoms with Crippen LogP contribution in [0.4, 0.5) is 0 Å². The SMILES string of the molecule is CCCCCCC(C)NS(=O)(=O)CCCCl. The van der Waals surface area contributed by atoms with Crippen molar-refractivity contribution in [3.8, 4) is 0 Å². The van der Waals surface area contributed by atoms with Crippen molar-refractivity contribution in [1.82, 2.24) is 4.72 Å². The molecule has 0 aliphatic heterocycles. The van der Waals surface area contributed by atoms with Gasteiger partial charge >= 0.3 is 0 Å². The van der Waals surface area contributed by atoms with Gasteiger partial charge in [-0.2, -0.15) is 0 Å². The van der Waals surface area contributed by atoms with E-state index in [-0.39, 0.29) is 11.8 Å². The van der Waals surface area contributed by atoms with E-state index in [9.17, 15) is 8.42 Å². The average Bonchev–Trinajstić information content (AvgIpc) is 2.21. The van der Waals surface area contributed by atoms with Gasteiger partial charge in [0, 0.05) is 11.9 Å². The molecule has 0 aromatic carbocycles. The van der Waals surface area contributed by atoms with Crippen molar-refractivity contribution in [2.24, 2.45) is 0 Å². The Bertz CT molecular complexity index is 255. The Balaban J connectivity index is 3.72. The van der Waals surface area contributed by atoms with E-state index in [1.807, 2.05) is 6.92 Å². The second kappa shape index (κ2) is 9.25. The molecule has 0 heterocycles.